The first-order valence-corrected chi connectivity index (χ1v) is 9.11. The van der Waals surface area contributed by atoms with Gasteiger partial charge in [0.2, 0.25) is 0 Å². The predicted octanol–water partition coefficient (Wildman–Crippen LogP) is 4.42. The normalized spacial score (nSPS) is 22.7. The van der Waals surface area contributed by atoms with Crippen LogP contribution in [0.2, 0.25) is 0 Å². The van der Waals surface area contributed by atoms with Gasteiger partial charge in [0.15, 0.2) is 0 Å². The molecular formula is C20H32N2O2. The summed E-state index contributed by atoms with van der Waals surface area (Å²) in [7, 11) is 0. The van der Waals surface area contributed by atoms with Gasteiger partial charge in [-0.05, 0) is 45.1 Å². The van der Waals surface area contributed by atoms with Gasteiger partial charge in [0.05, 0.1) is 6.04 Å². The van der Waals surface area contributed by atoms with Crippen molar-refractivity contribution in [2.75, 3.05) is 6.54 Å². The predicted molar refractivity (Wildman–Crippen MR) is 98.0 cm³/mol. The average molecular weight is 332 g/mol. The molecule has 3 unspecified atom stereocenters. The fourth-order valence-electron chi connectivity index (χ4n) is 3.29. The summed E-state index contributed by atoms with van der Waals surface area (Å²) in [5.74, 6) is 0.783. The Morgan fingerprint density at radius 3 is 2.58 bits per heavy atom. The molecule has 134 valence electrons. The summed E-state index contributed by atoms with van der Waals surface area (Å²) in [5, 5.41) is 6.67. The molecule has 4 nitrogen and oxygen atoms in total. The minimum atomic E-state index is -0.489. The van der Waals surface area contributed by atoms with Crippen molar-refractivity contribution in [2.24, 2.45) is 5.92 Å². The van der Waals surface area contributed by atoms with E-state index in [1.807, 2.05) is 51.1 Å². The number of rotatable bonds is 5. The van der Waals surface area contributed by atoms with E-state index in [1.54, 1.807) is 0 Å². The van der Waals surface area contributed by atoms with Gasteiger partial charge in [-0.25, -0.2) is 4.79 Å². The molecular weight excluding hydrogens is 300 g/mol. The molecule has 2 N–H and O–H groups in total. The Balaban J connectivity index is 1.97. The molecule has 0 heterocycles. The average Bonchev–Trinajstić information content (AvgIpc) is 2.50. The van der Waals surface area contributed by atoms with Crippen LogP contribution in [-0.4, -0.2) is 24.3 Å². The van der Waals surface area contributed by atoms with Crippen LogP contribution in [0.15, 0.2) is 30.3 Å². The molecule has 2 rings (SSSR count). The van der Waals surface area contributed by atoms with Crippen LogP contribution in [0.5, 0.6) is 0 Å². The Kier molecular flexibility index (Phi) is 6.67. The highest BCUT2D eigenvalue weighted by molar-refractivity contribution is 5.68. The maximum Gasteiger partial charge on any atom is 0.408 e. The first kappa shape index (κ1) is 18.8. The lowest BCUT2D eigenvalue weighted by Gasteiger charge is -2.30. The van der Waals surface area contributed by atoms with Gasteiger partial charge in [-0.3, -0.25) is 0 Å². The first-order valence-electron chi connectivity index (χ1n) is 9.11. The third-order valence-electron chi connectivity index (χ3n) is 4.44. The fourth-order valence-corrected chi connectivity index (χ4v) is 3.29. The molecule has 1 aromatic rings. The van der Waals surface area contributed by atoms with Crippen molar-refractivity contribution in [3.63, 3.8) is 0 Å². The number of amides is 1. The van der Waals surface area contributed by atoms with E-state index in [0.717, 1.165) is 18.0 Å². The van der Waals surface area contributed by atoms with Gasteiger partial charge in [0.1, 0.15) is 5.60 Å². The monoisotopic (exact) mass is 332 g/mol. The second kappa shape index (κ2) is 8.52. The van der Waals surface area contributed by atoms with Crippen molar-refractivity contribution in [1.82, 2.24) is 10.6 Å². The summed E-state index contributed by atoms with van der Waals surface area (Å²) in [6.07, 6.45) is 4.69. The Labute approximate surface area is 146 Å². The second-order valence-electron chi connectivity index (χ2n) is 7.99. The zero-order valence-corrected chi connectivity index (χ0v) is 15.5. The van der Waals surface area contributed by atoms with Gasteiger partial charge in [-0.15, -0.1) is 0 Å². The van der Waals surface area contributed by atoms with E-state index in [0.29, 0.717) is 6.04 Å². The highest BCUT2D eigenvalue weighted by atomic mass is 16.6. The number of nitrogens with one attached hydrogen (secondary N) is 2. The van der Waals surface area contributed by atoms with Crippen LogP contribution in [0, 0.1) is 5.92 Å². The molecule has 3 atom stereocenters. The summed E-state index contributed by atoms with van der Waals surface area (Å²) >= 11 is 0. The van der Waals surface area contributed by atoms with Crippen LogP contribution in [-0.2, 0) is 4.74 Å². The van der Waals surface area contributed by atoms with Crippen molar-refractivity contribution in [1.29, 1.82) is 0 Å². The van der Waals surface area contributed by atoms with Crippen LogP contribution in [0.25, 0.3) is 0 Å². The van der Waals surface area contributed by atoms with Crippen molar-refractivity contribution >= 4 is 6.09 Å². The SMILES string of the molecule is CC1CCCC(NCC(NC(=O)OC(C)(C)C)c2ccccc2)C1. The van der Waals surface area contributed by atoms with E-state index in [-0.39, 0.29) is 12.1 Å². The maximum absolute atomic E-state index is 12.2. The smallest absolute Gasteiger partial charge is 0.408 e. The molecule has 0 aliphatic heterocycles. The number of alkyl carbamates (subject to hydrolysis) is 1. The van der Waals surface area contributed by atoms with E-state index in [9.17, 15) is 4.79 Å². The van der Waals surface area contributed by atoms with Crippen molar-refractivity contribution < 1.29 is 9.53 Å². The largest absolute Gasteiger partial charge is 0.444 e. The van der Waals surface area contributed by atoms with E-state index >= 15 is 0 Å². The first-order chi connectivity index (χ1) is 11.3. The molecule has 1 amide bonds. The van der Waals surface area contributed by atoms with Crippen LogP contribution >= 0.6 is 0 Å². The van der Waals surface area contributed by atoms with Gasteiger partial charge in [-0.2, -0.15) is 0 Å². The topological polar surface area (TPSA) is 50.4 Å². The van der Waals surface area contributed by atoms with Gasteiger partial charge in [0, 0.05) is 12.6 Å². The molecule has 0 spiro atoms. The van der Waals surface area contributed by atoms with E-state index in [1.165, 1.54) is 25.7 Å². The third-order valence-corrected chi connectivity index (χ3v) is 4.44. The molecule has 0 saturated heterocycles. The maximum atomic E-state index is 12.2. The lowest BCUT2D eigenvalue weighted by Crippen LogP contribution is -2.42. The van der Waals surface area contributed by atoms with Crippen LogP contribution < -0.4 is 10.6 Å². The number of hydrogen-bond donors (Lipinski definition) is 2. The minimum absolute atomic E-state index is 0.0849. The summed E-state index contributed by atoms with van der Waals surface area (Å²) in [6, 6.07) is 10.5. The lowest BCUT2D eigenvalue weighted by atomic mass is 9.87. The quantitative estimate of drug-likeness (QED) is 0.839. The lowest BCUT2D eigenvalue weighted by molar-refractivity contribution is 0.0501. The Morgan fingerprint density at radius 1 is 1.25 bits per heavy atom. The summed E-state index contributed by atoms with van der Waals surface area (Å²) < 4.78 is 5.42. The molecule has 24 heavy (non-hydrogen) atoms. The highest BCUT2D eigenvalue weighted by Crippen LogP contribution is 2.24. The highest BCUT2D eigenvalue weighted by Gasteiger charge is 2.23. The summed E-state index contributed by atoms with van der Waals surface area (Å²) in [5.41, 5.74) is 0.608. The fraction of sp³-hybridized carbons (Fsp3) is 0.650. The molecule has 1 aliphatic rings. The van der Waals surface area contributed by atoms with E-state index < -0.39 is 5.60 Å². The Bertz CT molecular complexity index is 510. The summed E-state index contributed by atoms with van der Waals surface area (Å²) in [4.78, 5) is 12.2. The second-order valence-corrected chi connectivity index (χ2v) is 7.99. The Hall–Kier alpha value is -1.55. The number of benzene rings is 1. The van der Waals surface area contributed by atoms with Crippen LogP contribution in [0.1, 0.15) is 65.0 Å². The molecule has 1 saturated carbocycles. The molecule has 0 bridgehead atoms. The molecule has 4 heteroatoms. The van der Waals surface area contributed by atoms with Crippen molar-refractivity contribution in [3.8, 4) is 0 Å². The Morgan fingerprint density at radius 2 is 1.96 bits per heavy atom. The number of ether oxygens (including phenoxy) is 1. The molecule has 1 aliphatic carbocycles. The minimum Gasteiger partial charge on any atom is -0.444 e. The van der Waals surface area contributed by atoms with E-state index in [4.69, 9.17) is 4.74 Å². The van der Waals surface area contributed by atoms with Gasteiger partial charge in [0.25, 0.3) is 0 Å². The molecule has 0 aromatic heterocycles. The summed E-state index contributed by atoms with van der Waals surface area (Å²) in [6.45, 7) is 8.69. The van der Waals surface area contributed by atoms with Gasteiger partial charge < -0.3 is 15.4 Å². The van der Waals surface area contributed by atoms with Crippen molar-refractivity contribution in [2.45, 2.75) is 71.1 Å². The van der Waals surface area contributed by atoms with Crippen LogP contribution in [0.4, 0.5) is 4.79 Å². The van der Waals surface area contributed by atoms with E-state index in [2.05, 4.69) is 17.6 Å². The standard InChI is InChI=1S/C20H32N2O2/c1-15-9-8-12-17(13-15)21-14-18(16-10-6-5-7-11-16)22-19(23)24-20(2,3)4/h5-7,10-11,15,17-18,21H,8-9,12-14H2,1-4H3,(H,22,23). The number of carbonyl (C=O) groups is 1. The van der Waals surface area contributed by atoms with Gasteiger partial charge >= 0.3 is 6.09 Å². The molecule has 1 fully saturated rings. The number of carbonyl (C=O) groups excluding carboxylic acids is 1. The zero-order valence-electron chi connectivity index (χ0n) is 15.5. The third kappa shape index (κ3) is 6.52. The zero-order chi connectivity index (χ0) is 17.6. The van der Waals surface area contributed by atoms with Crippen LogP contribution in [0.3, 0.4) is 0 Å². The molecule has 0 radical (unpaired) electrons. The van der Waals surface area contributed by atoms with Gasteiger partial charge in [-0.1, -0.05) is 50.1 Å². The van der Waals surface area contributed by atoms with Crippen molar-refractivity contribution in [3.05, 3.63) is 35.9 Å². The number of hydrogen-bond acceptors (Lipinski definition) is 3. The molecule has 1 aromatic carbocycles.